The van der Waals surface area contributed by atoms with Gasteiger partial charge < -0.3 is 10.1 Å². The summed E-state index contributed by atoms with van der Waals surface area (Å²) in [5.41, 5.74) is 3.30. The number of carbonyl (C=O) groups is 1. The smallest absolute Gasteiger partial charge is 0.270 e. The fourth-order valence-corrected chi connectivity index (χ4v) is 3.08. The number of carbonyl (C=O) groups excluding carboxylic acids is 1. The molecule has 0 aliphatic carbocycles. The lowest BCUT2D eigenvalue weighted by Gasteiger charge is -2.08. The van der Waals surface area contributed by atoms with Gasteiger partial charge in [-0.05, 0) is 42.1 Å². The van der Waals surface area contributed by atoms with Gasteiger partial charge in [0, 0.05) is 13.7 Å². The Morgan fingerprint density at radius 1 is 1.29 bits per heavy atom. The molecule has 0 saturated carbocycles. The first-order valence-electron chi connectivity index (χ1n) is 7.67. The van der Waals surface area contributed by atoms with E-state index in [4.69, 9.17) is 4.74 Å². The van der Waals surface area contributed by atoms with Crippen LogP contribution < -0.4 is 5.32 Å². The molecule has 1 aromatic carbocycles. The highest BCUT2D eigenvalue weighted by Crippen LogP contribution is 2.26. The molecule has 3 rings (SSSR count). The van der Waals surface area contributed by atoms with Crippen LogP contribution >= 0.6 is 11.3 Å². The third-order valence-corrected chi connectivity index (χ3v) is 4.45. The van der Waals surface area contributed by atoms with Gasteiger partial charge in [-0.25, -0.2) is 4.68 Å². The molecule has 0 spiro atoms. The number of ether oxygens (including phenoxy) is 1. The predicted octanol–water partition coefficient (Wildman–Crippen LogP) is 3.29. The summed E-state index contributed by atoms with van der Waals surface area (Å²) >= 11 is 1.60. The van der Waals surface area contributed by atoms with Crippen LogP contribution in [0.3, 0.4) is 0 Å². The standard InChI is InChI=1S/C18H19N3O2S/c1-13-5-3-6-14(11-13)21-16(18(22)19-8-9-23-2)12-15(20-21)17-7-4-10-24-17/h3-7,10-12H,8-9H2,1-2H3,(H,19,22). The minimum absolute atomic E-state index is 0.163. The van der Waals surface area contributed by atoms with Gasteiger partial charge in [-0.15, -0.1) is 11.3 Å². The maximum Gasteiger partial charge on any atom is 0.270 e. The van der Waals surface area contributed by atoms with Gasteiger partial charge in [-0.3, -0.25) is 4.79 Å². The first-order valence-corrected chi connectivity index (χ1v) is 8.55. The van der Waals surface area contributed by atoms with Crippen molar-refractivity contribution in [2.24, 2.45) is 0 Å². The Morgan fingerprint density at radius 3 is 2.88 bits per heavy atom. The molecular formula is C18H19N3O2S. The van der Waals surface area contributed by atoms with E-state index in [0.717, 1.165) is 21.8 Å². The first-order chi connectivity index (χ1) is 11.7. The highest BCUT2D eigenvalue weighted by atomic mass is 32.1. The lowest BCUT2D eigenvalue weighted by molar-refractivity contribution is 0.0929. The molecule has 0 fully saturated rings. The minimum atomic E-state index is -0.163. The molecule has 3 aromatic rings. The average Bonchev–Trinajstić information content (AvgIpc) is 3.24. The van der Waals surface area contributed by atoms with Gasteiger partial charge in [0.15, 0.2) is 0 Å². The van der Waals surface area contributed by atoms with Gasteiger partial charge in [0.1, 0.15) is 11.4 Å². The normalized spacial score (nSPS) is 10.8. The Hall–Kier alpha value is -2.44. The van der Waals surface area contributed by atoms with E-state index in [1.54, 1.807) is 23.1 Å². The van der Waals surface area contributed by atoms with Crippen molar-refractivity contribution in [1.29, 1.82) is 0 Å². The minimum Gasteiger partial charge on any atom is -0.383 e. The van der Waals surface area contributed by atoms with E-state index >= 15 is 0 Å². The second-order valence-corrected chi connectivity index (χ2v) is 6.34. The Morgan fingerprint density at radius 2 is 2.17 bits per heavy atom. The maximum absolute atomic E-state index is 12.6. The average molecular weight is 341 g/mol. The van der Waals surface area contributed by atoms with E-state index in [9.17, 15) is 4.79 Å². The van der Waals surface area contributed by atoms with E-state index in [-0.39, 0.29) is 5.91 Å². The summed E-state index contributed by atoms with van der Waals surface area (Å²) in [7, 11) is 1.61. The Labute approximate surface area is 144 Å². The number of benzene rings is 1. The SMILES string of the molecule is COCCNC(=O)c1cc(-c2cccs2)nn1-c1cccc(C)c1. The number of rotatable bonds is 6. The van der Waals surface area contributed by atoms with Gasteiger partial charge >= 0.3 is 0 Å². The number of methoxy groups -OCH3 is 1. The number of nitrogens with zero attached hydrogens (tertiary/aromatic N) is 2. The van der Waals surface area contributed by atoms with Crippen molar-refractivity contribution < 1.29 is 9.53 Å². The highest BCUT2D eigenvalue weighted by Gasteiger charge is 2.17. The van der Waals surface area contributed by atoms with Crippen molar-refractivity contribution in [2.75, 3.05) is 20.3 Å². The molecule has 0 radical (unpaired) electrons. The van der Waals surface area contributed by atoms with Crippen LogP contribution in [0.1, 0.15) is 16.1 Å². The van der Waals surface area contributed by atoms with Crippen molar-refractivity contribution in [2.45, 2.75) is 6.92 Å². The lowest BCUT2D eigenvalue weighted by atomic mass is 10.2. The summed E-state index contributed by atoms with van der Waals surface area (Å²) in [5.74, 6) is -0.163. The van der Waals surface area contributed by atoms with E-state index in [2.05, 4.69) is 10.4 Å². The van der Waals surface area contributed by atoms with Crippen molar-refractivity contribution in [1.82, 2.24) is 15.1 Å². The summed E-state index contributed by atoms with van der Waals surface area (Å²) in [5, 5.41) is 9.51. The quantitative estimate of drug-likeness (QED) is 0.700. The molecule has 1 amide bonds. The molecular weight excluding hydrogens is 322 g/mol. The van der Waals surface area contributed by atoms with E-state index in [1.807, 2.05) is 54.8 Å². The number of aromatic nitrogens is 2. The zero-order valence-corrected chi connectivity index (χ0v) is 14.5. The first kappa shape index (κ1) is 16.4. The molecule has 5 nitrogen and oxygen atoms in total. The van der Waals surface area contributed by atoms with Crippen molar-refractivity contribution in [3.05, 3.63) is 59.1 Å². The molecule has 0 aliphatic rings. The molecule has 0 saturated heterocycles. The van der Waals surface area contributed by atoms with Crippen LogP contribution in [0.5, 0.6) is 0 Å². The summed E-state index contributed by atoms with van der Waals surface area (Å²) < 4.78 is 6.69. The molecule has 24 heavy (non-hydrogen) atoms. The number of thiophene rings is 1. The largest absolute Gasteiger partial charge is 0.383 e. The summed E-state index contributed by atoms with van der Waals surface area (Å²) in [6.45, 7) is 2.95. The molecule has 0 atom stereocenters. The predicted molar refractivity (Wildman–Crippen MR) is 95.8 cm³/mol. The second kappa shape index (κ2) is 7.42. The topological polar surface area (TPSA) is 56.1 Å². The van der Waals surface area contributed by atoms with Gasteiger partial charge in [0.25, 0.3) is 5.91 Å². The third kappa shape index (κ3) is 3.55. The molecule has 2 heterocycles. The fraction of sp³-hybridized carbons (Fsp3) is 0.222. The zero-order chi connectivity index (χ0) is 16.9. The van der Waals surface area contributed by atoms with E-state index in [1.165, 1.54) is 0 Å². The molecule has 2 aromatic heterocycles. The van der Waals surface area contributed by atoms with Crippen LogP contribution in [0.2, 0.25) is 0 Å². The number of amides is 1. The monoisotopic (exact) mass is 341 g/mol. The number of hydrogen-bond donors (Lipinski definition) is 1. The Kier molecular flexibility index (Phi) is 5.08. The van der Waals surface area contributed by atoms with Crippen molar-refractivity contribution in [3.8, 4) is 16.3 Å². The maximum atomic E-state index is 12.6. The van der Waals surface area contributed by atoms with E-state index < -0.39 is 0 Å². The number of aryl methyl sites for hydroxylation is 1. The molecule has 0 unspecified atom stereocenters. The Bertz CT molecular complexity index is 825. The summed E-state index contributed by atoms with van der Waals surface area (Å²) in [6, 6.07) is 13.7. The summed E-state index contributed by atoms with van der Waals surface area (Å²) in [6.07, 6.45) is 0. The van der Waals surface area contributed by atoms with Crippen molar-refractivity contribution >= 4 is 17.2 Å². The zero-order valence-electron chi connectivity index (χ0n) is 13.7. The highest BCUT2D eigenvalue weighted by molar-refractivity contribution is 7.13. The summed E-state index contributed by atoms with van der Waals surface area (Å²) in [4.78, 5) is 13.6. The van der Waals surface area contributed by atoms with Crippen LogP contribution in [-0.4, -0.2) is 35.9 Å². The number of hydrogen-bond acceptors (Lipinski definition) is 4. The third-order valence-electron chi connectivity index (χ3n) is 3.55. The fourth-order valence-electron chi connectivity index (χ4n) is 2.40. The molecule has 0 aliphatic heterocycles. The molecule has 6 heteroatoms. The molecule has 1 N–H and O–H groups in total. The molecule has 0 bridgehead atoms. The Balaban J connectivity index is 2.00. The second-order valence-electron chi connectivity index (χ2n) is 5.39. The van der Waals surface area contributed by atoms with Gasteiger partial charge in [-0.2, -0.15) is 5.10 Å². The van der Waals surface area contributed by atoms with Crippen LogP contribution in [-0.2, 0) is 4.74 Å². The van der Waals surface area contributed by atoms with E-state index in [0.29, 0.717) is 18.8 Å². The lowest BCUT2D eigenvalue weighted by Crippen LogP contribution is -2.28. The van der Waals surface area contributed by atoms with Gasteiger partial charge in [0.2, 0.25) is 0 Å². The van der Waals surface area contributed by atoms with Gasteiger partial charge in [0.05, 0.1) is 17.2 Å². The number of nitrogens with one attached hydrogen (secondary N) is 1. The molecule has 124 valence electrons. The van der Waals surface area contributed by atoms with Crippen LogP contribution in [0, 0.1) is 6.92 Å². The van der Waals surface area contributed by atoms with Crippen molar-refractivity contribution in [3.63, 3.8) is 0 Å². The van der Waals surface area contributed by atoms with Crippen LogP contribution in [0.4, 0.5) is 0 Å². The van der Waals surface area contributed by atoms with Crippen LogP contribution in [0.15, 0.2) is 47.8 Å². The van der Waals surface area contributed by atoms with Gasteiger partial charge in [-0.1, -0.05) is 18.2 Å². The van der Waals surface area contributed by atoms with Crippen LogP contribution in [0.25, 0.3) is 16.3 Å².